The number of hydrogen-bond acceptors (Lipinski definition) is 5. The highest BCUT2D eigenvalue weighted by atomic mass is 16.1. The molecule has 7 nitrogen and oxygen atoms in total. The van der Waals surface area contributed by atoms with Gasteiger partial charge in [-0.3, -0.25) is 4.79 Å². The summed E-state index contributed by atoms with van der Waals surface area (Å²) in [6, 6.07) is 13.6. The third-order valence-corrected chi connectivity index (χ3v) is 4.98. The van der Waals surface area contributed by atoms with Crippen LogP contribution in [0.5, 0.6) is 0 Å². The van der Waals surface area contributed by atoms with E-state index in [0.717, 1.165) is 33.6 Å². The Morgan fingerprint density at radius 1 is 1.04 bits per heavy atom. The normalized spacial score (nSPS) is 15.8. The first-order valence-electron chi connectivity index (χ1n) is 9.15. The molecule has 1 aliphatic heterocycles. The van der Waals surface area contributed by atoms with Crippen LogP contribution >= 0.6 is 0 Å². The Bertz CT molecular complexity index is 1080. The van der Waals surface area contributed by atoms with Gasteiger partial charge in [0, 0.05) is 11.4 Å². The van der Waals surface area contributed by atoms with Crippen LogP contribution in [0.2, 0.25) is 0 Å². The van der Waals surface area contributed by atoms with Gasteiger partial charge in [-0.05, 0) is 55.3 Å². The molecule has 2 aromatic carbocycles. The molecule has 2 heterocycles. The maximum Gasteiger partial charge on any atom is 0.255 e. The number of amides is 1. The van der Waals surface area contributed by atoms with Crippen molar-refractivity contribution in [2.24, 2.45) is 0 Å². The van der Waals surface area contributed by atoms with E-state index in [0.29, 0.717) is 11.5 Å². The number of aromatic nitrogens is 4. The van der Waals surface area contributed by atoms with Crippen LogP contribution in [-0.2, 0) is 4.79 Å². The first kappa shape index (κ1) is 17.9. The zero-order valence-corrected chi connectivity index (χ0v) is 16.3. The van der Waals surface area contributed by atoms with E-state index in [2.05, 4.69) is 26.2 Å². The smallest absolute Gasteiger partial charge is 0.255 e. The van der Waals surface area contributed by atoms with Crippen LogP contribution in [0.3, 0.4) is 0 Å². The number of allylic oxidation sites excluding steroid dienone is 1. The van der Waals surface area contributed by atoms with E-state index < -0.39 is 6.04 Å². The van der Waals surface area contributed by atoms with Gasteiger partial charge in [0.15, 0.2) is 0 Å². The Morgan fingerprint density at radius 3 is 2.46 bits per heavy atom. The lowest BCUT2D eigenvalue weighted by Crippen LogP contribution is -2.31. The number of carbonyl (C=O) groups excluding carboxylic acids is 1. The van der Waals surface area contributed by atoms with Crippen molar-refractivity contribution >= 4 is 17.5 Å². The van der Waals surface area contributed by atoms with Crippen molar-refractivity contribution in [3.63, 3.8) is 0 Å². The van der Waals surface area contributed by atoms with Crippen molar-refractivity contribution < 1.29 is 4.79 Å². The van der Waals surface area contributed by atoms with Crippen LogP contribution in [0.4, 0.5) is 11.6 Å². The first-order chi connectivity index (χ1) is 13.4. The highest BCUT2D eigenvalue weighted by Crippen LogP contribution is 2.35. The standard InChI is InChI=1S/C21H22N6O/c1-12-5-8-16(9-6-12)19-18(15(4)22-21-24-25-26-27(19)21)20(28)23-17-10-7-13(2)11-14(17)3/h5-11,19H,1-4H3,(H,23,28)(H,22,24,26)/t19-/m0/s1. The quantitative estimate of drug-likeness (QED) is 0.733. The lowest BCUT2D eigenvalue weighted by atomic mass is 9.94. The SMILES string of the molecule is CC1=C(C(=O)Nc2ccc(C)cc2C)[C@H](c2ccc(C)cc2)n2nnnc2N1. The second-order valence-corrected chi connectivity index (χ2v) is 7.20. The summed E-state index contributed by atoms with van der Waals surface area (Å²) in [7, 11) is 0. The summed E-state index contributed by atoms with van der Waals surface area (Å²) in [5.74, 6) is 0.342. The molecule has 2 N–H and O–H groups in total. The van der Waals surface area contributed by atoms with Crippen molar-refractivity contribution in [3.05, 3.63) is 76.0 Å². The molecule has 1 atom stereocenters. The van der Waals surface area contributed by atoms with Gasteiger partial charge < -0.3 is 10.6 Å². The fraction of sp³-hybridized carbons (Fsp3) is 0.238. The maximum atomic E-state index is 13.3. The van der Waals surface area contributed by atoms with E-state index in [1.54, 1.807) is 4.68 Å². The fourth-order valence-corrected chi connectivity index (χ4v) is 3.51. The highest BCUT2D eigenvalue weighted by molar-refractivity contribution is 6.06. The van der Waals surface area contributed by atoms with E-state index >= 15 is 0 Å². The van der Waals surface area contributed by atoms with Crippen LogP contribution in [0.15, 0.2) is 53.7 Å². The molecule has 28 heavy (non-hydrogen) atoms. The average molecular weight is 374 g/mol. The molecular formula is C21H22N6O. The van der Waals surface area contributed by atoms with Crippen molar-refractivity contribution in [1.29, 1.82) is 0 Å². The van der Waals surface area contributed by atoms with Gasteiger partial charge in [0.2, 0.25) is 5.95 Å². The Morgan fingerprint density at radius 2 is 1.75 bits per heavy atom. The molecule has 0 fully saturated rings. The van der Waals surface area contributed by atoms with Crippen molar-refractivity contribution in [3.8, 4) is 0 Å². The molecule has 0 spiro atoms. The summed E-state index contributed by atoms with van der Waals surface area (Å²) in [5, 5.41) is 18.1. The molecule has 3 aromatic rings. The van der Waals surface area contributed by atoms with E-state index in [4.69, 9.17) is 0 Å². The molecule has 142 valence electrons. The molecular weight excluding hydrogens is 352 g/mol. The number of fused-ring (bicyclic) bond motifs is 1. The molecule has 0 saturated carbocycles. The molecule has 0 aliphatic carbocycles. The molecule has 1 aliphatic rings. The van der Waals surface area contributed by atoms with Gasteiger partial charge in [-0.2, -0.15) is 4.68 Å². The van der Waals surface area contributed by atoms with E-state index in [-0.39, 0.29) is 5.91 Å². The molecule has 0 radical (unpaired) electrons. The third-order valence-electron chi connectivity index (χ3n) is 4.98. The number of carbonyl (C=O) groups is 1. The molecule has 1 aromatic heterocycles. The second kappa shape index (κ2) is 6.92. The number of tetrazole rings is 1. The second-order valence-electron chi connectivity index (χ2n) is 7.20. The topological polar surface area (TPSA) is 84.7 Å². The lowest BCUT2D eigenvalue weighted by Gasteiger charge is -2.28. The van der Waals surface area contributed by atoms with Crippen molar-refractivity contribution in [1.82, 2.24) is 20.2 Å². The Hall–Kier alpha value is -3.48. The van der Waals surface area contributed by atoms with Crippen LogP contribution in [0, 0.1) is 20.8 Å². The maximum absolute atomic E-state index is 13.3. The van der Waals surface area contributed by atoms with Crippen molar-refractivity contribution in [2.45, 2.75) is 33.7 Å². The van der Waals surface area contributed by atoms with E-state index in [9.17, 15) is 4.79 Å². The predicted octanol–water partition coefficient (Wildman–Crippen LogP) is 3.53. The molecule has 0 unspecified atom stereocenters. The van der Waals surface area contributed by atoms with Crippen LogP contribution < -0.4 is 10.6 Å². The first-order valence-corrected chi connectivity index (χ1v) is 9.15. The minimum Gasteiger partial charge on any atom is -0.326 e. The number of nitrogens with one attached hydrogen (secondary N) is 2. The molecule has 0 saturated heterocycles. The van der Waals surface area contributed by atoms with Gasteiger partial charge in [0.1, 0.15) is 6.04 Å². The monoisotopic (exact) mass is 374 g/mol. The summed E-state index contributed by atoms with van der Waals surface area (Å²) in [4.78, 5) is 13.3. The molecule has 1 amide bonds. The van der Waals surface area contributed by atoms with Gasteiger partial charge in [0.25, 0.3) is 5.91 Å². The van der Waals surface area contributed by atoms with Gasteiger partial charge >= 0.3 is 0 Å². The molecule has 4 rings (SSSR count). The number of hydrogen-bond donors (Lipinski definition) is 2. The largest absolute Gasteiger partial charge is 0.326 e. The summed E-state index contributed by atoms with van der Waals surface area (Å²) < 4.78 is 1.65. The lowest BCUT2D eigenvalue weighted by molar-refractivity contribution is -0.113. The molecule has 7 heteroatoms. The average Bonchev–Trinajstić information content (AvgIpc) is 3.11. The third kappa shape index (κ3) is 3.15. The van der Waals surface area contributed by atoms with Crippen LogP contribution in [0.25, 0.3) is 0 Å². The van der Waals surface area contributed by atoms with Crippen molar-refractivity contribution in [2.75, 3.05) is 10.6 Å². The molecule has 0 bridgehead atoms. The van der Waals surface area contributed by atoms with Gasteiger partial charge in [-0.15, -0.1) is 0 Å². The summed E-state index contributed by atoms with van der Waals surface area (Å²) in [6.07, 6.45) is 0. The van der Waals surface area contributed by atoms with E-state index in [1.807, 2.05) is 70.2 Å². The Balaban J connectivity index is 1.76. The number of rotatable bonds is 3. The Kier molecular flexibility index (Phi) is 4.43. The summed E-state index contributed by atoms with van der Waals surface area (Å²) in [6.45, 7) is 7.92. The highest BCUT2D eigenvalue weighted by Gasteiger charge is 2.34. The van der Waals surface area contributed by atoms with Gasteiger partial charge in [0.05, 0.1) is 5.57 Å². The summed E-state index contributed by atoms with van der Waals surface area (Å²) >= 11 is 0. The number of aryl methyl sites for hydroxylation is 3. The summed E-state index contributed by atoms with van der Waals surface area (Å²) in [5.41, 5.74) is 6.38. The van der Waals surface area contributed by atoms with Crippen LogP contribution in [-0.4, -0.2) is 26.1 Å². The minimum absolute atomic E-state index is 0.177. The minimum atomic E-state index is -0.405. The van der Waals surface area contributed by atoms with Gasteiger partial charge in [-0.1, -0.05) is 52.6 Å². The zero-order chi connectivity index (χ0) is 19.8. The number of anilines is 2. The number of benzene rings is 2. The zero-order valence-electron chi connectivity index (χ0n) is 16.3. The van der Waals surface area contributed by atoms with E-state index in [1.165, 1.54) is 0 Å². The Labute approximate surface area is 163 Å². The number of nitrogens with zero attached hydrogens (tertiary/aromatic N) is 4. The van der Waals surface area contributed by atoms with Crippen LogP contribution in [0.1, 0.15) is 35.2 Å². The fourth-order valence-electron chi connectivity index (χ4n) is 3.51. The predicted molar refractivity (Wildman–Crippen MR) is 108 cm³/mol. The van der Waals surface area contributed by atoms with Gasteiger partial charge in [-0.25, -0.2) is 0 Å².